The van der Waals surface area contributed by atoms with Gasteiger partial charge in [0.1, 0.15) is 0 Å². The van der Waals surface area contributed by atoms with Crippen LogP contribution in [0.15, 0.2) is 48.9 Å². The molecule has 1 heterocycles. The Morgan fingerprint density at radius 2 is 1.90 bits per heavy atom. The first-order valence-electron chi connectivity index (χ1n) is 6.32. The first-order valence-corrected chi connectivity index (χ1v) is 6.32. The molecule has 4 nitrogen and oxygen atoms in total. The molecule has 20 heavy (non-hydrogen) atoms. The van der Waals surface area contributed by atoms with Gasteiger partial charge in [-0.3, -0.25) is 0 Å². The number of rotatable bonds is 2. The Morgan fingerprint density at radius 3 is 2.55 bits per heavy atom. The molecule has 0 aliphatic heterocycles. The van der Waals surface area contributed by atoms with Crippen molar-refractivity contribution >= 4 is 16.7 Å². The summed E-state index contributed by atoms with van der Waals surface area (Å²) in [5.74, 6) is -0.324. The van der Waals surface area contributed by atoms with Gasteiger partial charge < -0.3 is 9.30 Å². The standard InChI is InChI=1S/C16H14N2O2/c1-11-9-18(10-17-11)15-8-7-14(16(19)20-2)12-5-3-4-6-13(12)15/h3-10H,1-2H3. The number of aromatic nitrogens is 2. The van der Waals surface area contributed by atoms with Crippen LogP contribution in [0.2, 0.25) is 0 Å². The Labute approximate surface area is 116 Å². The van der Waals surface area contributed by atoms with Gasteiger partial charge in [-0.15, -0.1) is 0 Å². The van der Waals surface area contributed by atoms with Gasteiger partial charge in [0.2, 0.25) is 0 Å². The summed E-state index contributed by atoms with van der Waals surface area (Å²) in [6, 6.07) is 11.5. The Balaban J connectivity index is 2.29. The summed E-state index contributed by atoms with van der Waals surface area (Å²) in [6.07, 6.45) is 3.73. The second-order valence-corrected chi connectivity index (χ2v) is 4.59. The molecule has 0 spiro atoms. The molecule has 0 radical (unpaired) electrons. The number of hydrogen-bond acceptors (Lipinski definition) is 3. The second-order valence-electron chi connectivity index (χ2n) is 4.59. The Hall–Kier alpha value is -2.62. The lowest BCUT2D eigenvalue weighted by atomic mass is 10.0. The highest BCUT2D eigenvalue weighted by Gasteiger charge is 2.13. The van der Waals surface area contributed by atoms with E-state index >= 15 is 0 Å². The zero-order valence-electron chi connectivity index (χ0n) is 11.3. The fourth-order valence-corrected chi connectivity index (χ4v) is 2.35. The molecular formula is C16H14N2O2. The first kappa shape index (κ1) is 12.4. The minimum atomic E-state index is -0.324. The van der Waals surface area contributed by atoms with E-state index in [4.69, 9.17) is 4.74 Å². The molecule has 0 unspecified atom stereocenters. The summed E-state index contributed by atoms with van der Waals surface area (Å²) >= 11 is 0. The minimum absolute atomic E-state index is 0.324. The smallest absolute Gasteiger partial charge is 0.338 e. The van der Waals surface area contributed by atoms with Gasteiger partial charge in [-0.25, -0.2) is 9.78 Å². The topological polar surface area (TPSA) is 44.1 Å². The highest BCUT2D eigenvalue weighted by Crippen LogP contribution is 2.26. The van der Waals surface area contributed by atoms with Crippen molar-refractivity contribution in [2.75, 3.05) is 7.11 Å². The lowest BCUT2D eigenvalue weighted by Gasteiger charge is -2.10. The molecule has 0 aliphatic carbocycles. The molecule has 3 rings (SSSR count). The van der Waals surface area contributed by atoms with Crippen LogP contribution in [0.5, 0.6) is 0 Å². The van der Waals surface area contributed by atoms with E-state index in [9.17, 15) is 4.79 Å². The van der Waals surface area contributed by atoms with Crippen LogP contribution in [0.1, 0.15) is 16.1 Å². The van der Waals surface area contributed by atoms with Crippen LogP contribution in [-0.4, -0.2) is 22.6 Å². The molecule has 1 aromatic heterocycles. The molecule has 0 saturated carbocycles. The van der Waals surface area contributed by atoms with Crippen molar-refractivity contribution in [3.8, 4) is 5.69 Å². The summed E-state index contributed by atoms with van der Waals surface area (Å²) in [5, 5.41) is 1.87. The molecule has 0 amide bonds. The SMILES string of the molecule is COC(=O)c1ccc(-n2cnc(C)c2)c2ccccc12. The van der Waals surface area contributed by atoms with Crippen LogP contribution in [0.25, 0.3) is 16.5 Å². The quantitative estimate of drug-likeness (QED) is 0.669. The number of imidazole rings is 1. The monoisotopic (exact) mass is 266 g/mol. The zero-order chi connectivity index (χ0) is 14.1. The van der Waals surface area contributed by atoms with E-state index in [1.807, 2.05) is 48.0 Å². The molecule has 0 atom stereocenters. The molecular weight excluding hydrogens is 252 g/mol. The van der Waals surface area contributed by atoms with Crippen molar-refractivity contribution in [2.45, 2.75) is 6.92 Å². The third-order valence-corrected chi connectivity index (χ3v) is 3.30. The molecule has 0 bridgehead atoms. The molecule has 4 heteroatoms. The summed E-state index contributed by atoms with van der Waals surface area (Å²) in [6.45, 7) is 1.95. The highest BCUT2D eigenvalue weighted by atomic mass is 16.5. The van der Waals surface area contributed by atoms with Gasteiger partial charge in [-0.05, 0) is 24.4 Å². The molecule has 0 N–H and O–H groups in total. The number of carbonyl (C=O) groups excluding carboxylic acids is 1. The van der Waals surface area contributed by atoms with Gasteiger partial charge in [-0.1, -0.05) is 24.3 Å². The van der Waals surface area contributed by atoms with Crippen molar-refractivity contribution in [1.82, 2.24) is 9.55 Å². The van der Waals surface area contributed by atoms with Gasteiger partial charge >= 0.3 is 5.97 Å². The number of nitrogens with zero attached hydrogens (tertiary/aromatic N) is 2. The molecule has 0 fully saturated rings. The van der Waals surface area contributed by atoms with E-state index < -0.39 is 0 Å². The zero-order valence-corrected chi connectivity index (χ0v) is 11.3. The third kappa shape index (κ3) is 1.95. The number of hydrogen-bond donors (Lipinski definition) is 0. The van der Waals surface area contributed by atoms with E-state index in [0.29, 0.717) is 5.56 Å². The predicted octanol–water partition coefficient (Wildman–Crippen LogP) is 3.12. The number of benzene rings is 2. The Bertz CT molecular complexity index is 790. The average molecular weight is 266 g/mol. The predicted molar refractivity (Wildman–Crippen MR) is 77.1 cm³/mol. The first-order chi connectivity index (χ1) is 9.70. The van der Waals surface area contributed by atoms with E-state index in [1.165, 1.54) is 7.11 Å². The van der Waals surface area contributed by atoms with Crippen LogP contribution in [-0.2, 0) is 4.74 Å². The van der Waals surface area contributed by atoms with Crippen LogP contribution in [0.4, 0.5) is 0 Å². The fraction of sp³-hybridized carbons (Fsp3) is 0.125. The number of fused-ring (bicyclic) bond motifs is 1. The highest BCUT2D eigenvalue weighted by molar-refractivity contribution is 6.06. The van der Waals surface area contributed by atoms with Crippen molar-refractivity contribution < 1.29 is 9.53 Å². The maximum atomic E-state index is 11.8. The summed E-state index contributed by atoms with van der Waals surface area (Å²) in [4.78, 5) is 16.1. The second kappa shape index (κ2) is 4.81. The third-order valence-electron chi connectivity index (χ3n) is 3.30. The number of carbonyl (C=O) groups is 1. The fourth-order valence-electron chi connectivity index (χ4n) is 2.35. The van der Waals surface area contributed by atoms with Crippen molar-refractivity contribution in [1.29, 1.82) is 0 Å². The molecule has 3 aromatic rings. The van der Waals surface area contributed by atoms with Gasteiger partial charge in [0.15, 0.2) is 0 Å². The van der Waals surface area contributed by atoms with E-state index in [0.717, 1.165) is 22.2 Å². The summed E-state index contributed by atoms with van der Waals surface area (Å²) in [5.41, 5.74) is 2.52. The molecule has 2 aromatic carbocycles. The number of aryl methyl sites for hydroxylation is 1. The van der Waals surface area contributed by atoms with Crippen molar-refractivity contribution in [3.05, 3.63) is 60.2 Å². The van der Waals surface area contributed by atoms with Gasteiger partial charge in [0, 0.05) is 11.6 Å². The van der Waals surface area contributed by atoms with Crippen molar-refractivity contribution in [2.24, 2.45) is 0 Å². The van der Waals surface area contributed by atoms with Crippen LogP contribution in [0, 0.1) is 6.92 Å². The van der Waals surface area contributed by atoms with E-state index in [1.54, 1.807) is 12.4 Å². The minimum Gasteiger partial charge on any atom is -0.465 e. The normalized spacial score (nSPS) is 10.7. The maximum absolute atomic E-state index is 11.8. The maximum Gasteiger partial charge on any atom is 0.338 e. The molecule has 0 saturated heterocycles. The summed E-state index contributed by atoms with van der Waals surface area (Å²) < 4.78 is 6.79. The Kier molecular flexibility index (Phi) is 2.99. The number of ether oxygens (including phenoxy) is 1. The number of methoxy groups -OCH3 is 1. The van der Waals surface area contributed by atoms with E-state index in [-0.39, 0.29) is 5.97 Å². The Morgan fingerprint density at radius 1 is 1.15 bits per heavy atom. The lowest BCUT2D eigenvalue weighted by Crippen LogP contribution is -2.03. The van der Waals surface area contributed by atoms with Crippen LogP contribution >= 0.6 is 0 Å². The largest absolute Gasteiger partial charge is 0.465 e. The van der Waals surface area contributed by atoms with Crippen LogP contribution < -0.4 is 0 Å². The van der Waals surface area contributed by atoms with Gasteiger partial charge in [0.05, 0.1) is 30.4 Å². The van der Waals surface area contributed by atoms with Crippen LogP contribution in [0.3, 0.4) is 0 Å². The molecule has 0 aliphatic rings. The number of esters is 1. The lowest BCUT2D eigenvalue weighted by molar-refractivity contribution is 0.0603. The average Bonchev–Trinajstić information content (AvgIpc) is 2.91. The van der Waals surface area contributed by atoms with Gasteiger partial charge in [-0.2, -0.15) is 0 Å². The van der Waals surface area contributed by atoms with Crippen molar-refractivity contribution in [3.63, 3.8) is 0 Å². The summed E-state index contributed by atoms with van der Waals surface area (Å²) in [7, 11) is 1.39. The molecule has 100 valence electrons. The van der Waals surface area contributed by atoms with E-state index in [2.05, 4.69) is 4.98 Å². The van der Waals surface area contributed by atoms with Gasteiger partial charge in [0.25, 0.3) is 0 Å².